The maximum Gasteiger partial charge on any atom is 0.261 e. The van der Waals surface area contributed by atoms with Gasteiger partial charge in [-0.3, -0.25) is 9.59 Å². The molecule has 1 aromatic heterocycles. The number of benzene rings is 1. The summed E-state index contributed by atoms with van der Waals surface area (Å²) in [5.41, 5.74) is 2.43. The van der Waals surface area contributed by atoms with Crippen molar-refractivity contribution >= 4 is 40.4 Å². The molecule has 1 saturated heterocycles. The van der Waals surface area contributed by atoms with Crippen molar-refractivity contribution < 1.29 is 9.59 Å². The highest BCUT2D eigenvalue weighted by Crippen LogP contribution is 2.29. The van der Waals surface area contributed by atoms with Crippen LogP contribution in [0.15, 0.2) is 30.3 Å². The standard InChI is InChI=1S/C21H24ClN3O2S/c22-16-5-7-17(8-6-16)24-9-11-25(12-10-24)20(26)14-23-21(27)19-13-15-3-1-2-4-18(15)28-19/h5-8,13H,1-4,9-12,14H2,(H,23,27). The van der Waals surface area contributed by atoms with E-state index in [0.29, 0.717) is 13.1 Å². The molecule has 5 nitrogen and oxygen atoms in total. The first-order valence-corrected chi connectivity index (χ1v) is 11.0. The van der Waals surface area contributed by atoms with Gasteiger partial charge < -0.3 is 15.1 Å². The van der Waals surface area contributed by atoms with Gasteiger partial charge in [-0.1, -0.05) is 11.6 Å². The Kier molecular flexibility index (Phi) is 5.87. The smallest absolute Gasteiger partial charge is 0.261 e. The number of halogens is 1. The molecule has 0 atom stereocenters. The summed E-state index contributed by atoms with van der Waals surface area (Å²) in [6.07, 6.45) is 4.54. The molecule has 148 valence electrons. The predicted molar refractivity (Wildman–Crippen MR) is 114 cm³/mol. The number of carbonyl (C=O) groups excluding carboxylic acids is 2. The number of thiophene rings is 1. The molecule has 2 heterocycles. The van der Waals surface area contributed by atoms with Crippen molar-refractivity contribution in [1.29, 1.82) is 0 Å². The van der Waals surface area contributed by atoms with Crippen molar-refractivity contribution in [3.63, 3.8) is 0 Å². The highest BCUT2D eigenvalue weighted by atomic mass is 35.5. The summed E-state index contributed by atoms with van der Waals surface area (Å²) >= 11 is 7.52. The lowest BCUT2D eigenvalue weighted by Gasteiger charge is -2.36. The van der Waals surface area contributed by atoms with Gasteiger partial charge in [0.15, 0.2) is 0 Å². The second kappa shape index (κ2) is 8.53. The summed E-state index contributed by atoms with van der Waals surface area (Å²) in [7, 11) is 0. The Labute approximate surface area is 174 Å². The van der Waals surface area contributed by atoms with E-state index in [2.05, 4.69) is 10.2 Å². The average Bonchev–Trinajstić information content (AvgIpc) is 3.17. The largest absolute Gasteiger partial charge is 0.368 e. The lowest BCUT2D eigenvalue weighted by atomic mass is 9.99. The van der Waals surface area contributed by atoms with Crippen LogP contribution in [0.2, 0.25) is 5.02 Å². The minimum Gasteiger partial charge on any atom is -0.368 e. The van der Waals surface area contributed by atoms with E-state index in [4.69, 9.17) is 11.6 Å². The zero-order chi connectivity index (χ0) is 19.5. The molecule has 1 fully saturated rings. The highest BCUT2D eigenvalue weighted by molar-refractivity contribution is 7.14. The van der Waals surface area contributed by atoms with Crippen molar-refractivity contribution in [2.24, 2.45) is 0 Å². The van der Waals surface area contributed by atoms with Crippen molar-refractivity contribution in [1.82, 2.24) is 10.2 Å². The second-order valence-electron chi connectivity index (χ2n) is 7.29. The third kappa shape index (κ3) is 4.33. The molecule has 0 spiro atoms. The van der Waals surface area contributed by atoms with Crippen molar-refractivity contribution in [3.8, 4) is 0 Å². The number of nitrogens with zero attached hydrogens (tertiary/aromatic N) is 2. The topological polar surface area (TPSA) is 52.7 Å². The average molecular weight is 418 g/mol. The van der Waals surface area contributed by atoms with Crippen LogP contribution in [0.25, 0.3) is 0 Å². The van der Waals surface area contributed by atoms with Gasteiger partial charge in [0.2, 0.25) is 5.91 Å². The number of nitrogens with one attached hydrogen (secondary N) is 1. The van der Waals surface area contributed by atoms with Gasteiger partial charge in [-0.15, -0.1) is 11.3 Å². The number of carbonyl (C=O) groups is 2. The molecule has 0 saturated carbocycles. The summed E-state index contributed by atoms with van der Waals surface area (Å²) < 4.78 is 0. The molecule has 1 aliphatic heterocycles. The second-order valence-corrected chi connectivity index (χ2v) is 8.87. The highest BCUT2D eigenvalue weighted by Gasteiger charge is 2.22. The van der Waals surface area contributed by atoms with E-state index in [0.717, 1.165) is 41.5 Å². The summed E-state index contributed by atoms with van der Waals surface area (Å²) in [5.74, 6) is -0.155. The Morgan fingerprint density at radius 2 is 1.75 bits per heavy atom. The molecular weight excluding hydrogens is 394 g/mol. The van der Waals surface area contributed by atoms with Gasteiger partial charge in [0.1, 0.15) is 0 Å². The number of hydrogen-bond acceptors (Lipinski definition) is 4. The molecule has 0 bridgehead atoms. The Morgan fingerprint density at radius 3 is 2.46 bits per heavy atom. The van der Waals surface area contributed by atoms with Gasteiger partial charge in [-0.05, 0) is 61.6 Å². The molecule has 1 aromatic carbocycles. The molecule has 1 aliphatic carbocycles. The zero-order valence-electron chi connectivity index (χ0n) is 15.7. The van der Waals surface area contributed by atoms with Gasteiger partial charge >= 0.3 is 0 Å². The van der Waals surface area contributed by atoms with E-state index in [1.54, 1.807) is 11.3 Å². The monoisotopic (exact) mass is 417 g/mol. The van der Waals surface area contributed by atoms with Crippen molar-refractivity contribution in [2.75, 3.05) is 37.6 Å². The van der Waals surface area contributed by atoms with E-state index >= 15 is 0 Å². The number of rotatable bonds is 4. The molecule has 4 rings (SSSR count). The van der Waals surface area contributed by atoms with Crippen LogP contribution in [0.4, 0.5) is 5.69 Å². The summed E-state index contributed by atoms with van der Waals surface area (Å²) in [6, 6.07) is 9.77. The minimum absolute atomic E-state index is 0.0228. The van der Waals surface area contributed by atoms with Crippen LogP contribution < -0.4 is 10.2 Å². The first kappa shape index (κ1) is 19.3. The van der Waals surface area contributed by atoms with Crippen LogP contribution >= 0.6 is 22.9 Å². The Balaban J connectivity index is 1.26. The fourth-order valence-corrected chi connectivity index (χ4v) is 5.12. The van der Waals surface area contributed by atoms with Gasteiger partial charge in [0, 0.05) is 41.8 Å². The van der Waals surface area contributed by atoms with Gasteiger partial charge in [-0.25, -0.2) is 0 Å². The SMILES string of the molecule is O=C(NCC(=O)N1CCN(c2ccc(Cl)cc2)CC1)c1cc2c(s1)CCCC2. The van der Waals surface area contributed by atoms with Crippen LogP contribution in [0, 0.1) is 0 Å². The van der Waals surface area contributed by atoms with E-state index in [-0.39, 0.29) is 18.4 Å². The van der Waals surface area contributed by atoms with Crippen molar-refractivity contribution in [2.45, 2.75) is 25.7 Å². The predicted octanol–water partition coefficient (Wildman–Crippen LogP) is 3.36. The molecular formula is C21H24ClN3O2S. The van der Waals surface area contributed by atoms with Gasteiger partial charge in [0.25, 0.3) is 5.91 Å². The molecule has 2 aliphatic rings. The number of amides is 2. The Morgan fingerprint density at radius 1 is 1.04 bits per heavy atom. The third-order valence-corrected chi connectivity index (χ3v) is 6.93. The number of aryl methyl sites for hydroxylation is 2. The molecule has 7 heteroatoms. The molecule has 1 N–H and O–H groups in total. The van der Waals surface area contributed by atoms with E-state index in [9.17, 15) is 9.59 Å². The molecule has 0 radical (unpaired) electrons. The fourth-order valence-electron chi connectivity index (χ4n) is 3.82. The van der Waals surface area contributed by atoms with Crippen LogP contribution in [0.5, 0.6) is 0 Å². The first-order chi connectivity index (χ1) is 13.6. The Hall–Kier alpha value is -2.05. The number of anilines is 1. The van der Waals surface area contributed by atoms with Crippen molar-refractivity contribution in [3.05, 3.63) is 50.7 Å². The van der Waals surface area contributed by atoms with E-state index in [1.165, 1.54) is 23.3 Å². The van der Waals surface area contributed by atoms with Crippen LogP contribution in [0.1, 0.15) is 33.0 Å². The molecule has 2 amide bonds. The van der Waals surface area contributed by atoms with Gasteiger partial charge in [0.05, 0.1) is 11.4 Å². The van der Waals surface area contributed by atoms with Crippen LogP contribution in [-0.4, -0.2) is 49.4 Å². The Bertz CT molecular complexity index is 834. The lowest BCUT2D eigenvalue weighted by Crippen LogP contribution is -2.51. The van der Waals surface area contributed by atoms with E-state index < -0.39 is 0 Å². The quantitative estimate of drug-likeness (QED) is 0.829. The number of hydrogen-bond donors (Lipinski definition) is 1. The molecule has 0 unspecified atom stereocenters. The number of fused-ring (bicyclic) bond motifs is 1. The molecule has 28 heavy (non-hydrogen) atoms. The third-order valence-electron chi connectivity index (χ3n) is 5.44. The minimum atomic E-state index is -0.132. The number of piperazine rings is 1. The first-order valence-electron chi connectivity index (χ1n) is 9.78. The van der Waals surface area contributed by atoms with Crippen LogP contribution in [0.3, 0.4) is 0 Å². The maximum absolute atomic E-state index is 12.5. The zero-order valence-corrected chi connectivity index (χ0v) is 17.3. The maximum atomic E-state index is 12.5. The molecule has 2 aromatic rings. The lowest BCUT2D eigenvalue weighted by molar-refractivity contribution is -0.130. The summed E-state index contributed by atoms with van der Waals surface area (Å²) in [5, 5.41) is 3.53. The summed E-state index contributed by atoms with van der Waals surface area (Å²) in [4.78, 5) is 31.1. The summed E-state index contributed by atoms with van der Waals surface area (Å²) in [6.45, 7) is 2.93. The van der Waals surface area contributed by atoms with Crippen LogP contribution in [-0.2, 0) is 17.6 Å². The normalized spacial score (nSPS) is 16.6. The van der Waals surface area contributed by atoms with Gasteiger partial charge in [-0.2, -0.15) is 0 Å². The van der Waals surface area contributed by atoms with E-state index in [1.807, 2.05) is 35.2 Å². The fraction of sp³-hybridized carbons (Fsp3) is 0.429.